The van der Waals surface area contributed by atoms with Crippen molar-refractivity contribution in [1.29, 1.82) is 0 Å². The number of esters is 3. The summed E-state index contributed by atoms with van der Waals surface area (Å²) in [6.45, 7) is 1.58. The Hall–Kier alpha value is -2.84. The number of aromatic amines is 1. The van der Waals surface area contributed by atoms with Crippen LogP contribution in [0.5, 0.6) is 0 Å². The summed E-state index contributed by atoms with van der Waals surface area (Å²) in [6.07, 6.45) is -0.237. The Balaban J connectivity index is 3.43. The van der Waals surface area contributed by atoms with Crippen LogP contribution < -0.4 is 0 Å². The molecule has 0 aromatic carbocycles. The summed E-state index contributed by atoms with van der Waals surface area (Å²) in [5.74, 6) is -3.78. The Morgan fingerprint density at radius 1 is 1.04 bits per heavy atom. The molecule has 0 amide bonds. The molecule has 23 heavy (non-hydrogen) atoms. The number of ether oxygens (including phenoxy) is 3. The summed E-state index contributed by atoms with van der Waals surface area (Å²) in [4.78, 5) is 48.8. The van der Waals surface area contributed by atoms with Gasteiger partial charge in [-0.05, 0) is 13.3 Å². The van der Waals surface area contributed by atoms with Crippen LogP contribution in [0.25, 0.3) is 0 Å². The van der Waals surface area contributed by atoms with Gasteiger partial charge in [0, 0.05) is 12.0 Å². The van der Waals surface area contributed by atoms with Gasteiger partial charge in [-0.1, -0.05) is 0 Å². The predicted molar refractivity (Wildman–Crippen MR) is 75.4 cm³/mol. The van der Waals surface area contributed by atoms with Gasteiger partial charge in [0.25, 0.3) is 0 Å². The maximum Gasteiger partial charge on any atom is 0.354 e. The van der Waals surface area contributed by atoms with E-state index >= 15 is 0 Å². The lowest BCUT2D eigenvalue weighted by molar-refractivity contribution is -0.140. The van der Waals surface area contributed by atoms with Crippen molar-refractivity contribution in [3.63, 3.8) is 0 Å². The minimum Gasteiger partial charge on any atom is -0.477 e. The molecule has 0 fully saturated rings. The van der Waals surface area contributed by atoms with Crippen molar-refractivity contribution >= 4 is 23.9 Å². The molecule has 0 unspecified atom stereocenters. The molecule has 0 saturated heterocycles. The summed E-state index contributed by atoms with van der Waals surface area (Å²) in [5.41, 5.74) is -0.970. The molecule has 1 aromatic rings. The number of nitrogens with one attached hydrogen (secondary N) is 1. The molecule has 0 aliphatic heterocycles. The van der Waals surface area contributed by atoms with Crippen LogP contribution in [0.4, 0.5) is 0 Å². The van der Waals surface area contributed by atoms with Crippen molar-refractivity contribution in [2.24, 2.45) is 0 Å². The maximum atomic E-state index is 12.1. The normalized spacial score (nSPS) is 10.0. The Kier molecular flexibility index (Phi) is 6.31. The van der Waals surface area contributed by atoms with Crippen molar-refractivity contribution in [3.05, 3.63) is 22.5 Å². The van der Waals surface area contributed by atoms with E-state index in [1.54, 1.807) is 6.92 Å². The van der Waals surface area contributed by atoms with Crippen LogP contribution in [0.2, 0.25) is 0 Å². The molecular weight excluding hydrogens is 310 g/mol. The third-order valence-electron chi connectivity index (χ3n) is 2.99. The number of hydrogen-bond donors (Lipinski definition) is 2. The monoisotopic (exact) mass is 327 g/mol. The van der Waals surface area contributed by atoms with Crippen LogP contribution in [0, 0.1) is 0 Å². The molecule has 1 heterocycles. The molecule has 0 atom stereocenters. The zero-order valence-electron chi connectivity index (χ0n) is 12.9. The van der Waals surface area contributed by atoms with E-state index in [4.69, 9.17) is 4.74 Å². The minimum absolute atomic E-state index is 0.0209. The zero-order chi connectivity index (χ0) is 17.6. The summed E-state index contributed by atoms with van der Waals surface area (Å²) in [6, 6.07) is 0. The first-order valence-corrected chi connectivity index (χ1v) is 6.67. The Labute approximate surface area is 131 Å². The highest BCUT2D eigenvalue weighted by atomic mass is 16.5. The van der Waals surface area contributed by atoms with Crippen molar-refractivity contribution in [3.8, 4) is 0 Å². The van der Waals surface area contributed by atoms with Crippen molar-refractivity contribution in [2.75, 3.05) is 20.8 Å². The number of H-pyrrole nitrogens is 1. The molecule has 0 aliphatic carbocycles. The van der Waals surface area contributed by atoms with Crippen molar-refractivity contribution in [1.82, 2.24) is 4.98 Å². The van der Waals surface area contributed by atoms with Crippen LogP contribution in [0.3, 0.4) is 0 Å². The molecule has 0 spiro atoms. The molecule has 9 heteroatoms. The van der Waals surface area contributed by atoms with E-state index < -0.39 is 29.6 Å². The van der Waals surface area contributed by atoms with E-state index in [0.717, 1.165) is 7.11 Å². The lowest BCUT2D eigenvalue weighted by atomic mass is 10.0. The third kappa shape index (κ3) is 4.09. The summed E-state index contributed by atoms with van der Waals surface area (Å²) in [5, 5.41) is 9.22. The van der Waals surface area contributed by atoms with Gasteiger partial charge in [-0.2, -0.15) is 0 Å². The fraction of sp³-hybridized carbons (Fsp3) is 0.429. The molecule has 0 radical (unpaired) electrons. The first kappa shape index (κ1) is 18.2. The Morgan fingerprint density at radius 2 is 1.70 bits per heavy atom. The number of hydrogen-bond acceptors (Lipinski definition) is 7. The second-order valence-corrected chi connectivity index (χ2v) is 4.32. The molecule has 126 valence electrons. The van der Waals surface area contributed by atoms with Gasteiger partial charge in [-0.15, -0.1) is 0 Å². The fourth-order valence-electron chi connectivity index (χ4n) is 1.98. The molecule has 9 nitrogen and oxygen atoms in total. The summed E-state index contributed by atoms with van der Waals surface area (Å²) in [7, 11) is 2.30. The largest absolute Gasteiger partial charge is 0.477 e. The molecular formula is C14H17NO8. The number of aromatic nitrogens is 1. The molecule has 1 aromatic heterocycles. The van der Waals surface area contributed by atoms with E-state index in [1.807, 2.05) is 0 Å². The van der Waals surface area contributed by atoms with E-state index in [-0.39, 0.29) is 36.3 Å². The van der Waals surface area contributed by atoms with E-state index in [1.165, 1.54) is 7.11 Å². The highest BCUT2D eigenvalue weighted by Gasteiger charge is 2.31. The summed E-state index contributed by atoms with van der Waals surface area (Å²) >= 11 is 0. The van der Waals surface area contributed by atoms with Gasteiger partial charge in [0.05, 0.1) is 26.4 Å². The smallest absolute Gasteiger partial charge is 0.354 e. The lowest BCUT2D eigenvalue weighted by Crippen LogP contribution is -2.14. The number of aromatic carboxylic acids is 1. The number of carbonyl (C=O) groups excluding carboxylic acids is 3. The minimum atomic E-state index is -1.44. The lowest BCUT2D eigenvalue weighted by Gasteiger charge is -2.06. The van der Waals surface area contributed by atoms with Crippen molar-refractivity contribution in [2.45, 2.75) is 19.8 Å². The average Bonchev–Trinajstić information content (AvgIpc) is 2.91. The Morgan fingerprint density at radius 3 is 2.17 bits per heavy atom. The van der Waals surface area contributed by atoms with Crippen molar-refractivity contribution < 1.29 is 38.5 Å². The topological polar surface area (TPSA) is 132 Å². The van der Waals surface area contributed by atoms with E-state index in [2.05, 4.69) is 14.5 Å². The van der Waals surface area contributed by atoms with Crippen LogP contribution in [0.1, 0.15) is 50.2 Å². The second-order valence-electron chi connectivity index (χ2n) is 4.32. The first-order valence-electron chi connectivity index (χ1n) is 6.67. The van der Waals surface area contributed by atoms with E-state index in [0.29, 0.717) is 0 Å². The molecule has 0 saturated carbocycles. The van der Waals surface area contributed by atoms with Gasteiger partial charge in [0.2, 0.25) is 0 Å². The highest BCUT2D eigenvalue weighted by molar-refractivity contribution is 6.06. The van der Waals surface area contributed by atoms with Gasteiger partial charge in [0.15, 0.2) is 0 Å². The zero-order valence-corrected chi connectivity index (χ0v) is 12.9. The fourth-order valence-corrected chi connectivity index (χ4v) is 1.98. The standard InChI is InChI=1S/C14H17NO8/c1-4-23-13(19)9-7(5-6-8(16)21-2)10(14(20)22-3)15-11(9)12(17)18/h15H,4-6H2,1-3H3,(H,17,18). The second kappa shape index (κ2) is 7.97. The Bertz CT molecular complexity index is 631. The van der Waals surface area contributed by atoms with Gasteiger partial charge in [0.1, 0.15) is 11.4 Å². The number of carboxylic acid groups (broad SMARTS) is 1. The number of carbonyl (C=O) groups is 4. The van der Waals surface area contributed by atoms with Gasteiger partial charge in [-0.3, -0.25) is 4.79 Å². The SMILES string of the molecule is CCOC(=O)c1c(C(=O)O)[nH]c(C(=O)OC)c1CCC(=O)OC. The highest BCUT2D eigenvalue weighted by Crippen LogP contribution is 2.23. The average molecular weight is 327 g/mol. The van der Waals surface area contributed by atoms with Crippen LogP contribution in [0.15, 0.2) is 0 Å². The van der Waals surface area contributed by atoms with Gasteiger partial charge >= 0.3 is 23.9 Å². The third-order valence-corrected chi connectivity index (χ3v) is 2.99. The van der Waals surface area contributed by atoms with Gasteiger partial charge < -0.3 is 24.3 Å². The number of rotatable bonds is 7. The first-order chi connectivity index (χ1) is 10.9. The van der Waals surface area contributed by atoms with Crippen LogP contribution in [-0.4, -0.2) is 54.8 Å². The van der Waals surface area contributed by atoms with E-state index in [9.17, 15) is 24.3 Å². The molecule has 1 rings (SSSR count). The van der Waals surface area contributed by atoms with Gasteiger partial charge in [-0.25, -0.2) is 14.4 Å². The number of carboxylic acids is 1. The quantitative estimate of drug-likeness (QED) is 0.554. The predicted octanol–water partition coefficient (Wildman–Crippen LogP) is 0.782. The van der Waals surface area contributed by atoms with Crippen LogP contribution in [-0.2, 0) is 25.4 Å². The molecule has 0 bridgehead atoms. The maximum absolute atomic E-state index is 12.1. The number of methoxy groups -OCH3 is 2. The summed E-state index contributed by atoms with van der Waals surface area (Å²) < 4.78 is 13.9. The molecule has 0 aliphatic rings. The molecule has 2 N–H and O–H groups in total. The van der Waals surface area contributed by atoms with Crippen LogP contribution >= 0.6 is 0 Å².